The van der Waals surface area contributed by atoms with Gasteiger partial charge in [-0.05, 0) is 36.5 Å². The molecule has 0 spiro atoms. The number of hydrogen-bond acceptors (Lipinski definition) is 4. The quantitative estimate of drug-likeness (QED) is 0.610. The van der Waals surface area contributed by atoms with Crippen LogP contribution in [-0.4, -0.2) is 45.4 Å². The Kier molecular flexibility index (Phi) is 4.83. The van der Waals surface area contributed by atoms with Crippen molar-refractivity contribution in [3.05, 3.63) is 40.7 Å². The van der Waals surface area contributed by atoms with E-state index in [1.807, 2.05) is 4.90 Å². The van der Waals surface area contributed by atoms with Crippen LogP contribution in [0.3, 0.4) is 0 Å². The van der Waals surface area contributed by atoms with Gasteiger partial charge in [0.25, 0.3) is 0 Å². The fraction of sp³-hybridized carbons (Fsp3) is 0.467. The van der Waals surface area contributed by atoms with Crippen LogP contribution < -0.4 is 4.90 Å². The molecule has 1 aliphatic rings. The fourth-order valence-electron chi connectivity index (χ4n) is 2.82. The van der Waals surface area contributed by atoms with Gasteiger partial charge >= 0.3 is 6.18 Å². The molecule has 25 heavy (non-hydrogen) atoms. The highest BCUT2D eigenvalue weighted by molar-refractivity contribution is 7.71. The van der Waals surface area contributed by atoms with Crippen molar-refractivity contribution in [2.45, 2.75) is 12.8 Å². The first-order valence-electron chi connectivity index (χ1n) is 7.69. The predicted octanol–water partition coefficient (Wildman–Crippen LogP) is 2.89. The molecule has 2 aromatic rings. The number of rotatable bonds is 3. The van der Waals surface area contributed by atoms with Crippen LogP contribution in [-0.2, 0) is 19.9 Å². The van der Waals surface area contributed by atoms with E-state index in [-0.39, 0.29) is 17.3 Å². The van der Waals surface area contributed by atoms with E-state index in [4.69, 9.17) is 12.2 Å². The van der Waals surface area contributed by atoms with E-state index >= 15 is 0 Å². The van der Waals surface area contributed by atoms with Crippen LogP contribution in [0.5, 0.6) is 0 Å². The van der Waals surface area contributed by atoms with E-state index in [0.29, 0.717) is 26.2 Å². The Labute approximate surface area is 147 Å². The molecule has 0 unspecified atom stereocenters. The molecule has 0 N–H and O–H groups in total. The van der Waals surface area contributed by atoms with Gasteiger partial charge in [-0.2, -0.15) is 13.2 Å². The first kappa shape index (κ1) is 17.9. The second kappa shape index (κ2) is 6.75. The van der Waals surface area contributed by atoms with Gasteiger partial charge in [0.1, 0.15) is 5.82 Å². The van der Waals surface area contributed by atoms with Crippen molar-refractivity contribution in [2.75, 3.05) is 31.1 Å². The zero-order valence-corrected chi connectivity index (χ0v) is 14.3. The molecule has 3 rings (SSSR count). The van der Waals surface area contributed by atoms with Crippen molar-refractivity contribution in [3.63, 3.8) is 0 Å². The molecule has 0 bridgehead atoms. The van der Waals surface area contributed by atoms with Crippen LogP contribution >= 0.6 is 12.2 Å². The highest BCUT2D eigenvalue weighted by Gasteiger charge is 2.37. The van der Waals surface area contributed by atoms with Crippen molar-refractivity contribution in [1.82, 2.24) is 19.2 Å². The summed E-state index contributed by atoms with van der Waals surface area (Å²) in [6.45, 7) is 2.89. The number of aromatic nitrogens is 3. The van der Waals surface area contributed by atoms with Crippen molar-refractivity contribution < 1.29 is 17.6 Å². The SMILES string of the molecule is Cn1c(C(F)(F)F)nn(CN2CCN(c3ccc(F)cc3)CC2)c1=S. The Morgan fingerprint density at radius 1 is 1.08 bits per heavy atom. The highest BCUT2D eigenvalue weighted by atomic mass is 32.1. The number of benzene rings is 1. The van der Waals surface area contributed by atoms with Gasteiger partial charge in [0.15, 0.2) is 4.77 Å². The molecule has 1 aromatic carbocycles. The van der Waals surface area contributed by atoms with Crippen molar-refractivity contribution in [1.29, 1.82) is 0 Å². The molecule has 0 atom stereocenters. The van der Waals surface area contributed by atoms with Gasteiger partial charge in [0, 0.05) is 38.9 Å². The summed E-state index contributed by atoms with van der Waals surface area (Å²) in [7, 11) is 1.27. The summed E-state index contributed by atoms with van der Waals surface area (Å²) in [5, 5.41) is 3.62. The molecule has 0 radical (unpaired) electrons. The third-order valence-electron chi connectivity index (χ3n) is 4.19. The molecule has 1 aromatic heterocycles. The summed E-state index contributed by atoms with van der Waals surface area (Å²) in [4.78, 5) is 4.09. The zero-order chi connectivity index (χ0) is 18.2. The lowest BCUT2D eigenvalue weighted by Gasteiger charge is -2.35. The Morgan fingerprint density at radius 3 is 2.20 bits per heavy atom. The van der Waals surface area contributed by atoms with Gasteiger partial charge in [-0.3, -0.25) is 9.47 Å². The number of nitrogens with zero attached hydrogens (tertiary/aromatic N) is 5. The van der Waals surface area contributed by atoms with E-state index in [2.05, 4.69) is 10.00 Å². The van der Waals surface area contributed by atoms with Crippen molar-refractivity contribution >= 4 is 17.9 Å². The van der Waals surface area contributed by atoms with Crippen LogP contribution in [0.2, 0.25) is 0 Å². The number of piperazine rings is 1. The molecule has 1 aliphatic heterocycles. The van der Waals surface area contributed by atoms with Gasteiger partial charge in [-0.1, -0.05) is 0 Å². The van der Waals surface area contributed by atoms with Gasteiger partial charge in [0.05, 0.1) is 6.67 Å². The highest BCUT2D eigenvalue weighted by Crippen LogP contribution is 2.27. The largest absolute Gasteiger partial charge is 0.451 e. The standard InChI is InChI=1S/C15H17F4N5S/c1-21-13(15(17,18)19)20-24(14(21)25)10-22-6-8-23(9-7-22)12-4-2-11(16)3-5-12/h2-5H,6-10H2,1H3. The maximum atomic E-state index is 13.0. The average Bonchev–Trinajstić information content (AvgIpc) is 2.85. The van der Waals surface area contributed by atoms with Crippen molar-refractivity contribution in [3.8, 4) is 0 Å². The minimum Gasteiger partial charge on any atom is -0.369 e. The Balaban J connectivity index is 1.65. The van der Waals surface area contributed by atoms with E-state index in [1.165, 1.54) is 23.9 Å². The topological polar surface area (TPSA) is 29.2 Å². The van der Waals surface area contributed by atoms with Gasteiger partial charge in [-0.15, -0.1) is 5.10 Å². The molecule has 136 valence electrons. The second-order valence-electron chi connectivity index (χ2n) is 5.89. The maximum absolute atomic E-state index is 13.0. The first-order valence-corrected chi connectivity index (χ1v) is 8.10. The van der Waals surface area contributed by atoms with Crippen LogP contribution in [0.1, 0.15) is 5.82 Å². The first-order chi connectivity index (χ1) is 11.8. The minimum absolute atomic E-state index is 0.0355. The Morgan fingerprint density at radius 2 is 1.68 bits per heavy atom. The van der Waals surface area contributed by atoms with Crippen molar-refractivity contribution in [2.24, 2.45) is 7.05 Å². The van der Waals surface area contributed by atoms with Gasteiger partial charge < -0.3 is 4.90 Å². The Bertz CT molecular complexity index is 788. The summed E-state index contributed by atoms with van der Waals surface area (Å²) in [6.07, 6.45) is -4.53. The zero-order valence-electron chi connectivity index (χ0n) is 13.5. The molecule has 0 aliphatic carbocycles. The summed E-state index contributed by atoms with van der Waals surface area (Å²) in [5.74, 6) is -1.28. The third-order valence-corrected chi connectivity index (χ3v) is 4.68. The second-order valence-corrected chi connectivity index (χ2v) is 6.25. The van der Waals surface area contributed by atoms with E-state index in [0.717, 1.165) is 10.3 Å². The molecule has 0 amide bonds. The molecule has 1 saturated heterocycles. The van der Waals surface area contributed by atoms with E-state index < -0.39 is 12.0 Å². The number of halogens is 4. The average molecular weight is 375 g/mol. The number of hydrogen-bond donors (Lipinski definition) is 0. The minimum atomic E-state index is -4.53. The molecule has 10 heteroatoms. The smallest absolute Gasteiger partial charge is 0.369 e. The lowest BCUT2D eigenvalue weighted by molar-refractivity contribution is -0.147. The summed E-state index contributed by atoms with van der Waals surface area (Å²) >= 11 is 5.05. The maximum Gasteiger partial charge on any atom is 0.451 e. The monoisotopic (exact) mass is 375 g/mol. The predicted molar refractivity (Wildman–Crippen MR) is 87.2 cm³/mol. The van der Waals surface area contributed by atoms with Gasteiger partial charge in [0.2, 0.25) is 5.82 Å². The lowest BCUT2D eigenvalue weighted by Crippen LogP contribution is -2.47. The summed E-state index contributed by atoms with van der Waals surface area (Å²) in [5.41, 5.74) is 0.926. The van der Waals surface area contributed by atoms with E-state index in [9.17, 15) is 17.6 Å². The molecule has 0 saturated carbocycles. The Hall–Kier alpha value is -1.94. The lowest BCUT2D eigenvalue weighted by atomic mass is 10.2. The fourth-order valence-corrected chi connectivity index (χ4v) is 3.00. The normalized spacial score (nSPS) is 16.4. The number of anilines is 1. The van der Waals surface area contributed by atoms with Gasteiger partial charge in [-0.25, -0.2) is 9.07 Å². The molecular formula is C15H17F4N5S. The number of alkyl halides is 3. The van der Waals surface area contributed by atoms with E-state index in [1.54, 1.807) is 12.1 Å². The molecule has 2 heterocycles. The molecule has 1 fully saturated rings. The van der Waals surface area contributed by atoms with Crippen LogP contribution in [0.4, 0.5) is 23.2 Å². The van der Waals surface area contributed by atoms with Crippen LogP contribution in [0.25, 0.3) is 0 Å². The summed E-state index contributed by atoms with van der Waals surface area (Å²) in [6, 6.07) is 6.26. The van der Waals surface area contributed by atoms with Crippen LogP contribution in [0, 0.1) is 10.6 Å². The molecular weight excluding hydrogens is 358 g/mol. The summed E-state index contributed by atoms with van der Waals surface area (Å²) < 4.78 is 53.8. The third kappa shape index (κ3) is 3.84. The van der Waals surface area contributed by atoms with Crippen LogP contribution in [0.15, 0.2) is 24.3 Å². The molecule has 5 nitrogen and oxygen atoms in total.